The summed E-state index contributed by atoms with van der Waals surface area (Å²) in [6, 6.07) is 4.32. The van der Waals surface area contributed by atoms with Crippen LogP contribution in [0.1, 0.15) is 12.0 Å². The number of Topliss-reactive ketones (excluding diaryl/α,β-unsaturated/α-hetero) is 1. The number of carbonyl (C=O) groups is 1. The van der Waals surface area contributed by atoms with Gasteiger partial charge in [0.25, 0.3) is 5.69 Å². The number of carbonyl (C=O) groups excluding carboxylic acids is 1. The van der Waals surface area contributed by atoms with Gasteiger partial charge in [-0.2, -0.15) is 0 Å². The molecule has 1 fully saturated rings. The second-order valence-electron chi connectivity index (χ2n) is 4.52. The van der Waals surface area contributed by atoms with E-state index >= 15 is 0 Å². The molecule has 6 nitrogen and oxygen atoms in total. The number of aryl methyl sites for hydroxylation is 1. The smallest absolute Gasteiger partial charge is 0.269 e. The Morgan fingerprint density at radius 1 is 1.58 bits per heavy atom. The molecule has 0 aliphatic carbocycles. The first-order chi connectivity index (χ1) is 9.08. The van der Waals surface area contributed by atoms with Crippen molar-refractivity contribution in [2.45, 2.75) is 13.3 Å². The molecule has 0 radical (unpaired) electrons. The first-order valence-corrected chi connectivity index (χ1v) is 6.06. The summed E-state index contributed by atoms with van der Waals surface area (Å²) in [5.74, 6) is 0.423. The van der Waals surface area contributed by atoms with Crippen molar-refractivity contribution in [2.24, 2.45) is 5.92 Å². The van der Waals surface area contributed by atoms with E-state index in [2.05, 4.69) is 0 Å². The van der Waals surface area contributed by atoms with Gasteiger partial charge >= 0.3 is 0 Å². The summed E-state index contributed by atoms with van der Waals surface area (Å²) in [5.41, 5.74) is 0.657. The first-order valence-electron chi connectivity index (χ1n) is 6.06. The molecule has 1 unspecified atom stereocenters. The number of nitro benzene ring substituents is 1. The van der Waals surface area contributed by atoms with Crippen LogP contribution < -0.4 is 4.74 Å². The van der Waals surface area contributed by atoms with Crippen LogP contribution in [-0.4, -0.2) is 30.5 Å². The van der Waals surface area contributed by atoms with Crippen LogP contribution in [0.5, 0.6) is 5.75 Å². The van der Waals surface area contributed by atoms with E-state index in [9.17, 15) is 14.9 Å². The lowest BCUT2D eigenvalue weighted by Crippen LogP contribution is -2.21. The van der Waals surface area contributed by atoms with E-state index in [0.717, 1.165) is 6.42 Å². The maximum atomic E-state index is 11.8. The predicted molar refractivity (Wildman–Crippen MR) is 67.3 cm³/mol. The second kappa shape index (κ2) is 5.79. The fourth-order valence-corrected chi connectivity index (χ4v) is 1.96. The van der Waals surface area contributed by atoms with Gasteiger partial charge in [0.2, 0.25) is 0 Å². The first kappa shape index (κ1) is 13.5. The Labute approximate surface area is 110 Å². The van der Waals surface area contributed by atoms with Crippen LogP contribution in [0, 0.1) is 23.0 Å². The molecule has 0 saturated carbocycles. The van der Waals surface area contributed by atoms with Crippen molar-refractivity contribution in [1.29, 1.82) is 0 Å². The van der Waals surface area contributed by atoms with Crippen LogP contribution in [-0.2, 0) is 9.53 Å². The van der Waals surface area contributed by atoms with E-state index < -0.39 is 4.92 Å². The molecule has 0 amide bonds. The van der Waals surface area contributed by atoms with E-state index in [1.54, 1.807) is 6.92 Å². The fraction of sp³-hybridized carbons (Fsp3) is 0.462. The van der Waals surface area contributed by atoms with Gasteiger partial charge < -0.3 is 9.47 Å². The highest BCUT2D eigenvalue weighted by atomic mass is 16.6. The molecule has 102 valence electrons. The number of nitrogens with zero attached hydrogens (tertiary/aromatic N) is 1. The second-order valence-corrected chi connectivity index (χ2v) is 4.52. The van der Waals surface area contributed by atoms with Crippen LogP contribution in [0.2, 0.25) is 0 Å². The third-order valence-electron chi connectivity index (χ3n) is 3.12. The highest BCUT2D eigenvalue weighted by Crippen LogP contribution is 2.23. The third-order valence-corrected chi connectivity index (χ3v) is 3.12. The zero-order valence-corrected chi connectivity index (χ0v) is 10.6. The molecule has 1 atom stereocenters. The Hall–Kier alpha value is -1.95. The predicted octanol–water partition coefficient (Wildman–Crippen LogP) is 1.89. The van der Waals surface area contributed by atoms with Crippen LogP contribution in [0.3, 0.4) is 0 Å². The molecule has 0 spiro atoms. The van der Waals surface area contributed by atoms with E-state index in [4.69, 9.17) is 9.47 Å². The Morgan fingerprint density at radius 3 is 2.95 bits per heavy atom. The van der Waals surface area contributed by atoms with Crippen molar-refractivity contribution in [1.82, 2.24) is 0 Å². The average molecular weight is 265 g/mol. The van der Waals surface area contributed by atoms with Gasteiger partial charge in [-0.1, -0.05) is 0 Å². The van der Waals surface area contributed by atoms with Crippen molar-refractivity contribution in [3.05, 3.63) is 33.9 Å². The van der Waals surface area contributed by atoms with Crippen molar-refractivity contribution in [3.63, 3.8) is 0 Å². The van der Waals surface area contributed by atoms with Gasteiger partial charge in [0.15, 0.2) is 5.78 Å². The largest absolute Gasteiger partial charge is 0.486 e. The van der Waals surface area contributed by atoms with Crippen molar-refractivity contribution in [3.8, 4) is 5.75 Å². The van der Waals surface area contributed by atoms with Crippen LogP contribution in [0.4, 0.5) is 5.69 Å². The minimum atomic E-state index is -0.461. The average Bonchev–Trinajstić information content (AvgIpc) is 2.90. The zero-order chi connectivity index (χ0) is 13.8. The van der Waals surface area contributed by atoms with E-state index in [1.807, 2.05) is 0 Å². The zero-order valence-electron chi connectivity index (χ0n) is 10.6. The Kier molecular flexibility index (Phi) is 4.11. The molecular formula is C13H15NO5. The third kappa shape index (κ3) is 3.29. The standard InChI is InChI=1S/C13H15NO5/c1-9-6-11(14(16)17)2-3-13(9)19-8-12(15)10-4-5-18-7-10/h2-3,6,10H,4-5,7-8H2,1H3. The highest BCUT2D eigenvalue weighted by Gasteiger charge is 2.23. The van der Waals surface area contributed by atoms with Crippen LogP contribution in [0.25, 0.3) is 0 Å². The highest BCUT2D eigenvalue weighted by molar-refractivity contribution is 5.82. The minimum Gasteiger partial charge on any atom is -0.486 e. The number of rotatable bonds is 5. The quantitative estimate of drug-likeness (QED) is 0.600. The monoisotopic (exact) mass is 265 g/mol. The molecule has 1 aromatic carbocycles. The molecule has 0 aromatic heterocycles. The van der Waals surface area contributed by atoms with Gasteiger partial charge in [-0.3, -0.25) is 14.9 Å². The number of nitro groups is 1. The molecule has 2 rings (SSSR count). The van der Waals surface area contributed by atoms with Gasteiger partial charge in [0.05, 0.1) is 11.5 Å². The van der Waals surface area contributed by atoms with E-state index in [0.29, 0.717) is 24.5 Å². The van der Waals surface area contributed by atoms with Crippen molar-refractivity contribution >= 4 is 11.5 Å². The number of hydrogen-bond donors (Lipinski definition) is 0. The minimum absolute atomic E-state index is 0.00949. The van der Waals surface area contributed by atoms with E-state index in [-0.39, 0.29) is 24.0 Å². The normalized spacial score (nSPS) is 18.3. The lowest BCUT2D eigenvalue weighted by atomic mass is 10.0. The molecular weight excluding hydrogens is 250 g/mol. The fourth-order valence-electron chi connectivity index (χ4n) is 1.96. The van der Waals surface area contributed by atoms with Gasteiger partial charge in [-0.25, -0.2) is 0 Å². The van der Waals surface area contributed by atoms with Gasteiger partial charge in [0, 0.05) is 24.7 Å². The summed E-state index contributed by atoms with van der Waals surface area (Å²) in [5, 5.41) is 10.6. The van der Waals surface area contributed by atoms with Crippen LogP contribution in [0.15, 0.2) is 18.2 Å². The molecule has 0 N–H and O–H groups in total. The lowest BCUT2D eigenvalue weighted by Gasteiger charge is -2.10. The summed E-state index contributed by atoms with van der Waals surface area (Å²) >= 11 is 0. The van der Waals surface area contributed by atoms with Gasteiger partial charge in [-0.05, 0) is 25.0 Å². The summed E-state index contributed by atoms with van der Waals surface area (Å²) in [4.78, 5) is 21.9. The molecule has 1 heterocycles. The number of hydrogen-bond acceptors (Lipinski definition) is 5. The molecule has 6 heteroatoms. The van der Waals surface area contributed by atoms with Crippen molar-refractivity contribution < 1.29 is 19.2 Å². The van der Waals surface area contributed by atoms with E-state index in [1.165, 1.54) is 18.2 Å². The molecule has 0 bridgehead atoms. The van der Waals surface area contributed by atoms with Crippen LogP contribution >= 0.6 is 0 Å². The number of ether oxygens (including phenoxy) is 2. The molecule has 1 aromatic rings. The molecule has 1 saturated heterocycles. The van der Waals surface area contributed by atoms with Gasteiger partial charge in [-0.15, -0.1) is 0 Å². The number of ketones is 1. The number of benzene rings is 1. The lowest BCUT2D eigenvalue weighted by molar-refractivity contribution is -0.384. The summed E-state index contributed by atoms with van der Waals surface area (Å²) in [6.07, 6.45) is 0.738. The number of non-ortho nitro benzene ring substituents is 1. The summed E-state index contributed by atoms with van der Waals surface area (Å²) in [6.45, 7) is 2.77. The maximum Gasteiger partial charge on any atom is 0.269 e. The maximum absolute atomic E-state index is 11.8. The molecule has 1 aliphatic heterocycles. The Bertz CT molecular complexity index is 494. The van der Waals surface area contributed by atoms with Crippen molar-refractivity contribution in [2.75, 3.05) is 19.8 Å². The topological polar surface area (TPSA) is 78.7 Å². The molecule has 1 aliphatic rings. The summed E-state index contributed by atoms with van der Waals surface area (Å²) < 4.78 is 10.6. The van der Waals surface area contributed by atoms with Gasteiger partial charge in [0.1, 0.15) is 12.4 Å². The Morgan fingerprint density at radius 2 is 2.37 bits per heavy atom. The SMILES string of the molecule is Cc1cc([N+](=O)[O-])ccc1OCC(=O)C1CCOC1. The molecule has 19 heavy (non-hydrogen) atoms. The summed E-state index contributed by atoms with van der Waals surface area (Å²) in [7, 11) is 0. The Balaban J connectivity index is 1.95.